The van der Waals surface area contributed by atoms with Gasteiger partial charge in [-0.05, 0) is 55.5 Å². The van der Waals surface area contributed by atoms with Crippen LogP contribution < -0.4 is 15.2 Å². The van der Waals surface area contributed by atoms with Crippen molar-refractivity contribution in [3.8, 4) is 11.5 Å². The van der Waals surface area contributed by atoms with Crippen LogP contribution in [0, 0.1) is 0 Å². The van der Waals surface area contributed by atoms with E-state index in [4.69, 9.17) is 15.2 Å². The van der Waals surface area contributed by atoms with Crippen LogP contribution in [-0.2, 0) is 19.6 Å². The Morgan fingerprint density at radius 2 is 1.94 bits per heavy atom. The molecule has 0 bridgehead atoms. The molecule has 31 heavy (non-hydrogen) atoms. The Balaban J connectivity index is 1.47. The highest BCUT2D eigenvalue weighted by Crippen LogP contribution is 2.22. The Morgan fingerprint density at radius 1 is 1.16 bits per heavy atom. The van der Waals surface area contributed by atoms with Crippen molar-refractivity contribution in [1.29, 1.82) is 0 Å². The van der Waals surface area contributed by atoms with E-state index in [0.717, 1.165) is 35.5 Å². The first-order valence-corrected chi connectivity index (χ1v) is 10.5. The van der Waals surface area contributed by atoms with Gasteiger partial charge in [-0.3, -0.25) is 4.79 Å². The molecule has 3 rings (SSSR count). The van der Waals surface area contributed by atoms with Gasteiger partial charge in [0.05, 0.1) is 19.0 Å². The molecule has 164 valence electrons. The van der Waals surface area contributed by atoms with E-state index in [9.17, 15) is 9.90 Å². The molecule has 1 heterocycles. The molecule has 7 heteroatoms. The number of primary amides is 1. The van der Waals surface area contributed by atoms with Crippen LogP contribution in [0.5, 0.6) is 11.5 Å². The van der Waals surface area contributed by atoms with E-state index < -0.39 is 12.0 Å². The minimum Gasteiger partial charge on any atom is -0.494 e. The van der Waals surface area contributed by atoms with Gasteiger partial charge in [-0.1, -0.05) is 30.3 Å². The zero-order chi connectivity index (χ0) is 22.1. The number of aliphatic hydroxyl groups excluding tert-OH is 1. The van der Waals surface area contributed by atoms with Crippen LogP contribution in [0.3, 0.4) is 0 Å². The summed E-state index contributed by atoms with van der Waals surface area (Å²) >= 11 is 0. The number of hydrogen-bond donors (Lipinski definition) is 2. The number of aliphatic hydroxyl groups is 1. The third-order valence-electron chi connectivity index (χ3n) is 4.89. The van der Waals surface area contributed by atoms with Crippen molar-refractivity contribution in [1.82, 2.24) is 9.55 Å². The fourth-order valence-corrected chi connectivity index (χ4v) is 3.31. The van der Waals surface area contributed by atoms with Crippen molar-refractivity contribution in [2.75, 3.05) is 6.61 Å². The molecule has 1 atom stereocenters. The largest absolute Gasteiger partial charge is 0.494 e. The van der Waals surface area contributed by atoms with Crippen molar-refractivity contribution in [3.05, 3.63) is 77.9 Å². The molecule has 0 radical (unpaired) electrons. The zero-order valence-corrected chi connectivity index (χ0v) is 17.7. The summed E-state index contributed by atoms with van der Waals surface area (Å²) in [4.78, 5) is 15.0. The quantitative estimate of drug-likeness (QED) is 0.465. The van der Waals surface area contributed by atoms with Crippen LogP contribution in [0.25, 0.3) is 0 Å². The number of benzene rings is 2. The molecule has 2 aromatic carbocycles. The monoisotopic (exact) mass is 423 g/mol. The molecule has 3 aromatic rings. The Morgan fingerprint density at radius 3 is 2.65 bits per heavy atom. The number of hydrogen-bond acceptors (Lipinski definition) is 5. The van der Waals surface area contributed by atoms with Crippen LogP contribution in [-0.4, -0.2) is 33.3 Å². The highest BCUT2D eigenvalue weighted by atomic mass is 16.5. The summed E-state index contributed by atoms with van der Waals surface area (Å²) in [6.07, 6.45) is 4.75. The van der Waals surface area contributed by atoms with E-state index in [1.807, 2.05) is 49.4 Å². The van der Waals surface area contributed by atoms with Gasteiger partial charge in [0.2, 0.25) is 0 Å². The summed E-state index contributed by atoms with van der Waals surface area (Å²) in [5, 5.41) is 10.3. The number of ether oxygens (including phenoxy) is 2. The molecule has 7 nitrogen and oxygen atoms in total. The number of carbonyl (C=O) groups excluding carboxylic acids is 1. The molecule has 1 unspecified atom stereocenters. The molecular weight excluding hydrogens is 394 g/mol. The van der Waals surface area contributed by atoms with Crippen molar-refractivity contribution in [2.45, 2.75) is 45.4 Å². The molecule has 0 aliphatic carbocycles. The first-order chi connectivity index (χ1) is 15.0. The summed E-state index contributed by atoms with van der Waals surface area (Å²) in [5.74, 6) is 1.13. The van der Waals surface area contributed by atoms with Crippen molar-refractivity contribution in [3.63, 3.8) is 0 Å². The highest BCUT2D eigenvalue weighted by molar-refractivity contribution is 5.90. The maximum atomic E-state index is 11.1. The molecule has 1 aromatic heterocycles. The van der Waals surface area contributed by atoms with Crippen molar-refractivity contribution >= 4 is 5.91 Å². The van der Waals surface area contributed by atoms with E-state index >= 15 is 0 Å². The van der Waals surface area contributed by atoms with Gasteiger partial charge in [-0.2, -0.15) is 0 Å². The number of carbonyl (C=O) groups is 1. The summed E-state index contributed by atoms with van der Waals surface area (Å²) in [5.41, 5.74) is 7.59. The number of para-hydroxylation sites is 1. The van der Waals surface area contributed by atoms with E-state index in [1.54, 1.807) is 10.8 Å². The van der Waals surface area contributed by atoms with E-state index in [0.29, 0.717) is 26.2 Å². The summed E-state index contributed by atoms with van der Waals surface area (Å²) in [6.45, 7) is 3.46. The Bertz CT molecular complexity index is 969. The van der Waals surface area contributed by atoms with Gasteiger partial charge in [-0.25, -0.2) is 4.98 Å². The van der Waals surface area contributed by atoms with Crippen LogP contribution in [0.15, 0.2) is 61.1 Å². The molecule has 3 N–H and O–H groups in total. The van der Waals surface area contributed by atoms with Crippen molar-refractivity contribution < 1.29 is 19.4 Å². The molecule has 1 amide bonds. The fourth-order valence-electron chi connectivity index (χ4n) is 3.31. The van der Waals surface area contributed by atoms with Gasteiger partial charge >= 0.3 is 0 Å². The second kappa shape index (κ2) is 11.2. The first-order valence-electron chi connectivity index (χ1n) is 10.5. The lowest BCUT2D eigenvalue weighted by Gasteiger charge is -2.14. The van der Waals surface area contributed by atoms with Gasteiger partial charge in [0.15, 0.2) is 0 Å². The molecular formula is C24H29N3O4. The smallest absolute Gasteiger partial charge is 0.268 e. The lowest BCUT2D eigenvalue weighted by molar-refractivity contribution is 0.0995. The standard InChI is InChI=1S/C24H29N3O4/c1-2-30-21-12-10-18(11-13-21)16-31-23-9-4-3-6-19(23)7-5-8-20(28)14-27-15-22(24(25)29)26-17-27/h3-4,6,9-13,15,17,20,28H,2,5,7-8,14,16H2,1H3,(H2,25,29). The lowest BCUT2D eigenvalue weighted by atomic mass is 10.0. The molecule has 0 aliphatic rings. The third-order valence-corrected chi connectivity index (χ3v) is 4.89. The number of rotatable bonds is 12. The number of nitrogens with zero attached hydrogens (tertiary/aromatic N) is 2. The maximum Gasteiger partial charge on any atom is 0.268 e. The minimum absolute atomic E-state index is 0.200. The summed E-state index contributed by atoms with van der Waals surface area (Å²) < 4.78 is 13.2. The average Bonchev–Trinajstić information content (AvgIpc) is 3.23. The Labute approximate surface area is 182 Å². The number of imidazole rings is 1. The van der Waals surface area contributed by atoms with Crippen LogP contribution in [0.4, 0.5) is 0 Å². The normalized spacial score (nSPS) is 11.8. The van der Waals surface area contributed by atoms with Gasteiger partial charge in [0.1, 0.15) is 23.8 Å². The second-order valence-electron chi connectivity index (χ2n) is 7.34. The van der Waals surface area contributed by atoms with E-state index in [-0.39, 0.29) is 5.69 Å². The van der Waals surface area contributed by atoms with Crippen molar-refractivity contribution in [2.24, 2.45) is 5.73 Å². The van der Waals surface area contributed by atoms with Gasteiger partial charge in [0, 0.05) is 12.7 Å². The van der Waals surface area contributed by atoms with Crippen LogP contribution >= 0.6 is 0 Å². The highest BCUT2D eigenvalue weighted by Gasteiger charge is 2.10. The second-order valence-corrected chi connectivity index (χ2v) is 7.34. The number of nitrogens with two attached hydrogens (primary N) is 1. The molecule has 0 fully saturated rings. The first kappa shape index (κ1) is 22.4. The van der Waals surface area contributed by atoms with Crippen LogP contribution in [0.1, 0.15) is 41.4 Å². The van der Waals surface area contributed by atoms with E-state index in [2.05, 4.69) is 11.1 Å². The summed E-state index contributed by atoms with van der Waals surface area (Å²) in [7, 11) is 0. The third kappa shape index (κ3) is 6.86. The molecule has 0 saturated heterocycles. The molecule has 0 spiro atoms. The van der Waals surface area contributed by atoms with Gasteiger partial charge in [-0.15, -0.1) is 0 Å². The molecule has 0 saturated carbocycles. The predicted octanol–water partition coefficient (Wildman–Crippen LogP) is 3.34. The Hall–Kier alpha value is -3.32. The van der Waals surface area contributed by atoms with Gasteiger partial charge in [0.25, 0.3) is 5.91 Å². The maximum absolute atomic E-state index is 11.1. The fraction of sp³-hybridized carbons (Fsp3) is 0.333. The predicted molar refractivity (Wildman–Crippen MR) is 118 cm³/mol. The van der Waals surface area contributed by atoms with Crippen LogP contribution in [0.2, 0.25) is 0 Å². The average molecular weight is 424 g/mol. The molecule has 0 aliphatic heterocycles. The van der Waals surface area contributed by atoms with Gasteiger partial charge < -0.3 is 24.9 Å². The number of aromatic nitrogens is 2. The minimum atomic E-state index is -0.574. The topological polar surface area (TPSA) is 99.6 Å². The number of amides is 1. The van der Waals surface area contributed by atoms with E-state index in [1.165, 1.54) is 6.33 Å². The summed E-state index contributed by atoms with van der Waals surface area (Å²) in [6, 6.07) is 15.9. The lowest BCUT2D eigenvalue weighted by Crippen LogP contribution is -2.15. The number of aryl methyl sites for hydroxylation is 1. The SMILES string of the molecule is CCOc1ccc(COc2ccccc2CCCC(O)Cn2cnc(C(N)=O)c2)cc1. The zero-order valence-electron chi connectivity index (χ0n) is 17.7. The Kier molecular flexibility index (Phi) is 8.06.